The van der Waals surface area contributed by atoms with E-state index in [9.17, 15) is 0 Å². The van der Waals surface area contributed by atoms with Crippen LogP contribution >= 0.6 is 0 Å². The van der Waals surface area contributed by atoms with Crippen LogP contribution in [-0.2, 0) is 0 Å². The molecule has 0 saturated heterocycles. The Labute approximate surface area is 68.3 Å². The molecule has 2 heteroatoms. The highest BCUT2D eigenvalue weighted by molar-refractivity contribution is 5.77. The summed E-state index contributed by atoms with van der Waals surface area (Å²) in [5.41, 5.74) is 0. The Morgan fingerprint density at radius 2 is 1.82 bits per heavy atom. The van der Waals surface area contributed by atoms with Crippen LogP contribution in [0.3, 0.4) is 0 Å². The SMILES string of the molecule is C1CC[N+]2=C(CCCC2)NC1. The van der Waals surface area contributed by atoms with Crippen molar-refractivity contribution >= 4 is 5.84 Å². The molecule has 0 unspecified atom stereocenters. The third kappa shape index (κ3) is 1.55. The Morgan fingerprint density at radius 1 is 1.00 bits per heavy atom. The largest absolute Gasteiger partial charge is 0.278 e. The molecule has 0 saturated carbocycles. The molecule has 0 aromatic rings. The van der Waals surface area contributed by atoms with Crippen LogP contribution in [-0.4, -0.2) is 30.0 Å². The van der Waals surface area contributed by atoms with Crippen molar-refractivity contribution in [3.8, 4) is 0 Å². The molecular weight excluding hydrogens is 136 g/mol. The summed E-state index contributed by atoms with van der Waals surface area (Å²) in [5.74, 6) is 1.52. The molecule has 2 aliphatic heterocycles. The maximum absolute atomic E-state index is 3.53. The Morgan fingerprint density at radius 3 is 2.73 bits per heavy atom. The monoisotopic (exact) mass is 153 g/mol. The lowest BCUT2D eigenvalue weighted by molar-refractivity contribution is -0.534. The van der Waals surface area contributed by atoms with E-state index in [4.69, 9.17) is 0 Å². The molecule has 0 radical (unpaired) electrons. The standard InChI is InChI=1S/C9H16N2/c1-3-7-11-8-4-2-6-10-9(11)5-1/h1-8H2/p+1. The molecule has 0 atom stereocenters. The molecule has 0 amide bonds. The normalized spacial score (nSPS) is 25.5. The van der Waals surface area contributed by atoms with Gasteiger partial charge in [0.25, 0.3) is 0 Å². The van der Waals surface area contributed by atoms with Crippen LogP contribution in [0, 0.1) is 0 Å². The van der Waals surface area contributed by atoms with Gasteiger partial charge in [-0.3, -0.25) is 9.89 Å². The molecular formula is C9H17N2+. The zero-order valence-corrected chi connectivity index (χ0v) is 7.10. The van der Waals surface area contributed by atoms with E-state index in [1.165, 1.54) is 57.6 Å². The van der Waals surface area contributed by atoms with Gasteiger partial charge in [0.15, 0.2) is 0 Å². The van der Waals surface area contributed by atoms with Crippen molar-refractivity contribution in [2.24, 2.45) is 0 Å². The summed E-state index contributed by atoms with van der Waals surface area (Å²) in [5, 5.41) is 3.53. The van der Waals surface area contributed by atoms with E-state index in [0.29, 0.717) is 0 Å². The van der Waals surface area contributed by atoms with E-state index in [1.807, 2.05) is 0 Å². The van der Waals surface area contributed by atoms with Gasteiger partial charge in [0, 0.05) is 6.42 Å². The van der Waals surface area contributed by atoms with Crippen molar-refractivity contribution in [3.63, 3.8) is 0 Å². The molecule has 1 N–H and O–H groups in total. The van der Waals surface area contributed by atoms with Crippen LogP contribution in [0.4, 0.5) is 0 Å². The Balaban J connectivity index is 2.10. The Bertz CT molecular complexity index is 154. The molecule has 0 bridgehead atoms. The first-order valence-electron chi connectivity index (χ1n) is 4.81. The first-order chi connectivity index (χ1) is 5.47. The highest BCUT2D eigenvalue weighted by Gasteiger charge is 2.19. The lowest BCUT2D eigenvalue weighted by Crippen LogP contribution is -2.35. The van der Waals surface area contributed by atoms with Crippen molar-refractivity contribution in [1.82, 2.24) is 5.32 Å². The van der Waals surface area contributed by atoms with E-state index < -0.39 is 0 Å². The van der Waals surface area contributed by atoms with E-state index in [2.05, 4.69) is 9.89 Å². The minimum atomic E-state index is 1.20. The Kier molecular flexibility index (Phi) is 2.11. The number of nitrogens with zero attached hydrogens (tertiary/aromatic N) is 1. The second-order valence-corrected chi connectivity index (χ2v) is 3.52. The van der Waals surface area contributed by atoms with Gasteiger partial charge in [-0.25, -0.2) is 0 Å². The van der Waals surface area contributed by atoms with E-state index >= 15 is 0 Å². The fourth-order valence-electron chi connectivity index (χ4n) is 2.00. The molecule has 0 aromatic heterocycles. The first-order valence-corrected chi connectivity index (χ1v) is 4.81. The van der Waals surface area contributed by atoms with Crippen molar-refractivity contribution in [2.75, 3.05) is 19.6 Å². The predicted octanol–water partition coefficient (Wildman–Crippen LogP) is 0.965. The van der Waals surface area contributed by atoms with Gasteiger partial charge in [-0.1, -0.05) is 0 Å². The van der Waals surface area contributed by atoms with Gasteiger partial charge >= 0.3 is 0 Å². The fraction of sp³-hybridized carbons (Fsp3) is 0.889. The maximum Gasteiger partial charge on any atom is 0.244 e. The van der Waals surface area contributed by atoms with Crippen LogP contribution in [0.15, 0.2) is 0 Å². The van der Waals surface area contributed by atoms with Crippen molar-refractivity contribution in [1.29, 1.82) is 0 Å². The molecule has 0 aromatic carbocycles. The molecule has 2 aliphatic rings. The summed E-state index contributed by atoms with van der Waals surface area (Å²) < 4.78 is 2.54. The molecule has 2 rings (SSSR count). The summed E-state index contributed by atoms with van der Waals surface area (Å²) >= 11 is 0. The number of hydrogen-bond acceptors (Lipinski definition) is 1. The third-order valence-electron chi connectivity index (χ3n) is 2.66. The van der Waals surface area contributed by atoms with Crippen LogP contribution in [0.2, 0.25) is 0 Å². The topological polar surface area (TPSA) is 15.0 Å². The third-order valence-corrected chi connectivity index (χ3v) is 2.66. The first kappa shape index (κ1) is 7.14. The zero-order valence-electron chi connectivity index (χ0n) is 7.10. The molecule has 62 valence electrons. The summed E-state index contributed by atoms with van der Waals surface area (Å²) in [6.45, 7) is 3.79. The van der Waals surface area contributed by atoms with Crippen molar-refractivity contribution < 1.29 is 4.58 Å². The summed E-state index contributed by atoms with van der Waals surface area (Å²) in [7, 11) is 0. The summed E-state index contributed by atoms with van der Waals surface area (Å²) in [6.07, 6.45) is 6.79. The summed E-state index contributed by atoms with van der Waals surface area (Å²) in [6, 6.07) is 0. The van der Waals surface area contributed by atoms with Gasteiger partial charge in [0.05, 0.1) is 19.6 Å². The second kappa shape index (κ2) is 3.24. The lowest BCUT2D eigenvalue weighted by atomic mass is 10.1. The Hall–Kier alpha value is -0.530. The minimum absolute atomic E-state index is 1.20. The molecule has 0 aliphatic carbocycles. The van der Waals surface area contributed by atoms with Crippen LogP contribution in [0.25, 0.3) is 0 Å². The van der Waals surface area contributed by atoms with Gasteiger partial charge in [-0.05, 0) is 25.7 Å². The molecule has 11 heavy (non-hydrogen) atoms. The second-order valence-electron chi connectivity index (χ2n) is 3.52. The zero-order chi connectivity index (χ0) is 7.52. The molecule has 0 spiro atoms. The van der Waals surface area contributed by atoms with E-state index in [-0.39, 0.29) is 0 Å². The van der Waals surface area contributed by atoms with Crippen LogP contribution in [0.1, 0.15) is 32.1 Å². The average Bonchev–Trinajstić information content (AvgIpc) is 2.28. The summed E-state index contributed by atoms with van der Waals surface area (Å²) in [4.78, 5) is 0. The number of rotatable bonds is 0. The number of hydrogen-bond donors (Lipinski definition) is 1. The van der Waals surface area contributed by atoms with Gasteiger partial charge in [-0.2, -0.15) is 0 Å². The highest BCUT2D eigenvalue weighted by atomic mass is 15.1. The quantitative estimate of drug-likeness (QED) is 0.512. The van der Waals surface area contributed by atoms with E-state index in [1.54, 1.807) is 0 Å². The van der Waals surface area contributed by atoms with Gasteiger partial charge in [-0.15, -0.1) is 0 Å². The van der Waals surface area contributed by atoms with Crippen molar-refractivity contribution in [2.45, 2.75) is 32.1 Å². The maximum atomic E-state index is 3.53. The lowest BCUT2D eigenvalue weighted by Gasteiger charge is -2.14. The highest BCUT2D eigenvalue weighted by Crippen LogP contribution is 2.07. The minimum Gasteiger partial charge on any atom is -0.278 e. The van der Waals surface area contributed by atoms with E-state index in [0.717, 1.165) is 0 Å². The number of nitrogens with one attached hydrogen (secondary N) is 1. The van der Waals surface area contributed by atoms with Gasteiger partial charge in [0.1, 0.15) is 0 Å². The smallest absolute Gasteiger partial charge is 0.244 e. The van der Waals surface area contributed by atoms with Crippen molar-refractivity contribution in [3.05, 3.63) is 0 Å². The molecule has 0 fully saturated rings. The average molecular weight is 153 g/mol. The van der Waals surface area contributed by atoms with Gasteiger partial charge in [0.2, 0.25) is 5.84 Å². The van der Waals surface area contributed by atoms with Crippen LogP contribution in [0.5, 0.6) is 0 Å². The fourth-order valence-corrected chi connectivity index (χ4v) is 2.00. The molecule has 2 nitrogen and oxygen atoms in total. The predicted molar refractivity (Wildman–Crippen MR) is 46.1 cm³/mol. The van der Waals surface area contributed by atoms with Crippen LogP contribution < -0.4 is 5.32 Å². The number of amidine groups is 1. The van der Waals surface area contributed by atoms with Gasteiger partial charge < -0.3 is 0 Å². The molecule has 2 heterocycles.